The number of benzene rings is 1. The molecule has 0 aliphatic heterocycles. The van der Waals surface area contributed by atoms with E-state index in [0.29, 0.717) is 31.5 Å². The molecule has 2 N–H and O–H groups in total. The second-order valence-electron chi connectivity index (χ2n) is 4.23. The van der Waals surface area contributed by atoms with Crippen LogP contribution in [0.5, 0.6) is 0 Å². The maximum atomic E-state index is 12.5. The molecule has 0 fully saturated rings. The number of hydrogen-bond acceptors (Lipinski definition) is 2. The van der Waals surface area contributed by atoms with E-state index in [9.17, 15) is 18.0 Å². The Morgan fingerprint density at radius 3 is 2.63 bits per heavy atom. The summed E-state index contributed by atoms with van der Waals surface area (Å²) in [4.78, 5) is 10.3. The van der Waals surface area contributed by atoms with Crippen LogP contribution in [0.1, 0.15) is 30.4 Å². The highest BCUT2D eigenvalue weighted by molar-refractivity contribution is 5.66. The monoisotopic (exact) mass is 275 g/mol. The first-order valence-electron chi connectivity index (χ1n) is 5.98. The third-order valence-electron chi connectivity index (χ3n) is 2.58. The lowest BCUT2D eigenvalue weighted by Gasteiger charge is -2.09. The molecule has 0 saturated carbocycles. The lowest BCUT2D eigenvalue weighted by atomic mass is 10.1. The Balaban J connectivity index is 2.32. The summed E-state index contributed by atoms with van der Waals surface area (Å²) in [6, 6.07) is 5.16. The van der Waals surface area contributed by atoms with Crippen molar-refractivity contribution in [2.24, 2.45) is 0 Å². The second-order valence-corrected chi connectivity index (χ2v) is 4.23. The van der Waals surface area contributed by atoms with Gasteiger partial charge in [-0.05, 0) is 31.0 Å². The molecule has 1 rings (SSSR count). The van der Waals surface area contributed by atoms with E-state index in [1.807, 2.05) is 0 Å². The van der Waals surface area contributed by atoms with E-state index in [1.165, 1.54) is 6.07 Å². The van der Waals surface area contributed by atoms with E-state index in [1.54, 1.807) is 6.07 Å². The Bertz CT molecular complexity index is 419. The first-order chi connectivity index (χ1) is 8.89. The largest absolute Gasteiger partial charge is 0.481 e. The zero-order chi connectivity index (χ0) is 14.3. The highest BCUT2D eigenvalue weighted by atomic mass is 19.4. The summed E-state index contributed by atoms with van der Waals surface area (Å²) in [5.74, 6) is -0.835. The Morgan fingerprint density at radius 1 is 1.26 bits per heavy atom. The maximum absolute atomic E-state index is 12.5. The highest BCUT2D eigenvalue weighted by Crippen LogP contribution is 2.29. The van der Waals surface area contributed by atoms with E-state index in [-0.39, 0.29) is 6.42 Å². The molecule has 0 amide bonds. The lowest BCUT2D eigenvalue weighted by Crippen LogP contribution is -2.15. The number of carboxylic acids is 1. The van der Waals surface area contributed by atoms with Crippen LogP contribution in [-0.2, 0) is 17.5 Å². The van der Waals surface area contributed by atoms with Crippen molar-refractivity contribution in [2.45, 2.75) is 32.0 Å². The number of carbonyl (C=O) groups is 1. The van der Waals surface area contributed by atoms with Gasteiger partial charge in [0.2, 0.25) is 0 Å². The number of nitrogens with one attached hydrogen (secondary N) is 1. The summed E-state index contributed by atoms with van der Waals surface area (Å²) >= 11 is 0. The molecular weight excluding hydrogens is 259 g/mol. The van der Waals surface area contributed by atoms with Crippen LogP contribution in [0.15, 0.2) is 24.3 Å². The van der Waals surface area contributed by atoms with Gasteiger partial charge in [0.1, 0.15) is 0 Å². The van der Waals surface area contributed by atoms with E-state index in [4.69, 9.17) is 5.11 Å². The van der Waals surface area contributed by atoms with Crippen molar-refractivity contribution < 1.29 is 23.1 Å². The Morgan fingerprint density at radius 2 is 2.00 bits per heavy atom. The molecular formula is C13H16F3NO2. The Kier molecular flexibility index (Phi) is 5.82. The molecule has 0 aliphatic rings. The van der Waals surface area contributed by atoms with E-state index in [2.05, 4.69) is 5.32 Å². The summed E-state index contributed by atoms with van der Waals surface area (Å²) in [5.41, 5.74) is -0.0919. The highest BCUT2D eigenvalue weighted by Gasteiger charge is 2.30. The van der Waals surface area contributed by atoms with Gasteiger partial charge in [-0.2, -0.15) is 13.2 Å². The van der Waals surface area contributed by atoms with Crippen molar-refractivity contribution in [3.63, 3.8) is 0 Å². The van der Waals surface area contributed by atoms with Crippen LogP contribution in [0.2, 0.25) is 0 Å². The average molecular weight is 275 g/mol. The van der Waals surface area contributed by atoms with Gasteiger partial charge in [0.25, 0.3) is 0 Å². The number of alkyl halides is 3. The zero-order valence-corrected chi connectivity index (χ0v) is 10.3. The average Bonchev–Trinajstić information content (AvgIpc) is 2.32. The van der Waals surface area contributed by atoms with E-state index < -0.39 is 17.7 Å². The predicted molar refractivity (Wildman–Crippen MR) is 64.6 cm³/mol. The van der Waals surface area contributed by atoms with Crippen LogP contribution >= 0.6 is 0 Å². The van der Waals surface area contributed by atoms with Crippen molar-refractivity contribution in [3.05, 3.63) is 35.4 Å². The molecule has 0 spiro atoms. The smallest absolute Gasteiger partial charge is 0.416 e. The lowest BCUT2D eigenvalue weighted by molar-refractivity contribution is -0.138. The van der Waals surface area contributed by atoms with Crippen LogP contribution in [0.25, 0.3) is 0 Å². The van der Waals surface area contributed by atoms with E-state index in [0.717, 1.165) is 12.1 Å². The third kappa shape index (κ3) is 6.24. The van der Waals surface area contributed by atoms with E-state index >= 15 is 0 Å². The van der Waals surface area contributed by atoms with Gasteiger partial charge in [-0.3, -0.25) is 4.79 Å². The van der Waals surface area contributed by atoms with Crippen molar-refractivity contribution in [2.75, 3.05) is 6.54 Å². The molecule has 106 valence electrons. The quantitative estimate of drug-likeness (QED) is 0.752. The molecule has 3 nitrogen and oxygen atoms in total. The first-order valence-corrected chi connectivity index (χ1v) is 5.98. The number of aliphatic carboxylic acids is 1. The predicted octanol–water partition coefficient (Wildman–Crippen LogP) is 3.05. The summed E-state index contributed by atoms with van der Waals surface area (Å²) in [6.07, 6.45) is -2.96. The summed E-state index contributed by atoms with van der Waals surface area (Å²) < 4.78 is 37.4. The first kappa shape index (κ1) is 15.5. The van der Waals surface area contributed by atoms with Crippen molar-refractivity contribution in [1.82, 2.24) is 5.32 Å². The molecule has 0 aromatic heterocycles. The fourth-order valence-electron chi connectivity index (χ4n) is 1.62. The Labute approximate surface area is 109 Å². The molecule has 19 heavy (non-hydrogen) atoms. The number of hydrogen-bond donors (Lipinski definition) is 2. The van der Waals surface area contributed by atoms with Crippen molar-refractivity contribution >= 4 is 5.97 Å². The van der Waals surface area contributed by atoms with Crippen LogP contribution in [-0.4, -0.2) is 17.6 Å². The van der Waals surface area contributed by atoms with Crippen LogP contribution in [0.3, 0.4) is 0 Å². The number of unbranched alkanes of at least 4 members (excludes halogenated alkanes) is 1. The fraction of sp³-hybridized carbons (Fsp3) is 0.462. The van der Waals surface area contributed by atoms with Gasteiger partial charge in [-0.1, -0.05) is 18.2 Å². The molecule has 1 aromatic carbocycles. The van der Waals surface area contributed by atoms with Crippen LogP contribution in [0, 0.1) is 0 Å². The molecule has 0 heterocycles. The molecule has 0 aliphatic carbocycles. The molecule has 0 bridgehead atoms. The normalized spacial score (nSPS) is 11.5. The maximum Gasteiger partial charge on any atom is 0.416 e. The molecule has 0 saturated heterocycles. The van der Waals surface area contributed by atoms with Crippen LogP contribution < -0.4 is 5.32 Å². The van der Waals surface area contributed by atoms with Gasteiger partial charge >= 0.3 is 12.1 Å². The summed E-state index contributed by atoms with van der Waals surface area (Å²) in [6.45, 7) is 0.931. The number of halogens is 3. The molecule has 0 atom stereocenters. The molecule has 6 heteroatoms. The van der Waals surface area contributed by atoms with Gasteiger partial charge in [-0.25, -0.2) is 0 Å². The minimum atomic E-state index is -4.32. The summed E-state index contributed by atoms with van der Waals surface area (Å²) in [5, 5.41) is 11.4. The van der Waals surface area contributed by atoms with Crippen molar-refractivity contribution in [3.8, 4) is 0 Å². The minimum Gasteiger partial charge on any atom is -0.481 e. The zero-order valence-electron chi connectivity index (χ0n) is 10.3. The molecule has 1 aromatic rings. The minimum absolute atomic E-state index is 0.116. The van der Waals surface area contributed by atoms with Gasteiger partial charge in [0.15, 0.2) is 0 Å². The molecule has 0 radical (unpaired) electrons. The topological polar surface area (TPSA) is 49.3 Å². The standard InChI is InChI=1S/C13H16F3NO2/c14-13(15,16)11-5-3-4-10(8-11)9-17-7-2-1-6-12(18)19/h3-5,8,17H,1-2,6-7,9H2,(H,18,19). The van der Waals surface area contributed by atoms with Gasteiger partial charge < -0.3 is 10.4 Å². The van der Waals surface area contributed by atoms with Crippen LogP contribution in [0.4, 0.5) is 13.2 Å². The van der Waals surface area contributed by atoms with Gasteiger partial charge in [-0.15, -0.1) is 0 Å². The fourth-order valence-corrected chi connectivity index (χ4v) is 1.62. The van der Waals surface area contributed by atoms with Gasteiger partial charge in [0, 0.05) is 13.0 Å². The third-order valence-corrected chi connectivity index (χ3v) is 2.58. The SMILES string of the molecule is O=C(O)CCCCNCc1cccc(C(F)(F)F)c1. The van der Waals surface area contributed by atoms with Crippen molar-refractivity contribution in [1.29, 1.82) is 0 Å². The summed E-state index contributed by atoms with van der Waals surface area (Å²) in [7, 11) is 0. The Hall–Kier alpha value is -1.56. The van der Waals surface area contributed by atoms with Gasteiger partial charge in [0.05, 0.1) is 5.56 Å². The number of rotatable bonds is 7. The molecule has 0 unspecified atom stereocenters. The second kappa shape index (κ2) is 7.13. The number of carboxylic acid groups (broad SMARTS) is 1.